The molecule has 108 valence electrons. The fourth-order valence-electron chi connectivity index (χ4n) is 2.28. The quantitative estimate of drug-likeness (QED) is 0.799. The molecule has 0 bridgehead atoms. The average molecular weight is 281 g/mol. The second-order valence-electron chi connectivity index (χ2n) is 5.35. The Balaban J connectivity index is 1.74. The summed E-state index contributed by atoms with van der Waals surface area (Å²) in [5.74, 6) is 0.970. The number of nitrogens with zero attached hydrogens (tertiary/aromatic N) is 4. The Kier molecular flexibility index (Phi) is 3.56. The molecular weight excluding hydrogens is 262 g/mol. The predicted octanol–water partition coefficient (Wildman–Crippen LogP) is 2.70. The molecule has 0 atom stereocenters. The summed E-state index contributed by atoms with van der Waals surface area (Å²) in [7, 11) is 0. The van der Waals surface area contributed by atoms with Gasteiger partial charge in [0.2, 0.25) is 0 Å². The van der Waals surface area contributed by atoms with E-state index in [0.29, 0.717) is 0 Å². The van der Waals surface area contributed by atoms with Gasteiger partial charge in [0.15, 0.2) is 5.65 Å². The first kappa shape index (κ1) is 13.5. The van der Waals surface area contributed by atoms with Gasteiger partial charge in [0.25, 0.3) is 0 Å². The van der Waals surface area contributed by atoms with E-state index in [1.807, 2.05) is 43.7 Å². The van der Waals surface area contributed by atoms with Gasteiger partial charge in [0.05, 0.1) is 6.20 Å². The molecule has 0 unspecified atom stereocenters. The minimum absolute atomic E-state index is 0.813. The summed E-state index contributed by atoms with van der Waals surface area (Å²) in [5.41, 5.74) is 5.26. The predicted molar refractivity (Wildman–Crippen MR) is 83.6 cm³/mol. The lowest BCUT2D eigenvalue weighted by molar-refractivity contribution is 0.894. The molecule has 0 saturated heterocycles. The minimum Gasteiger partial charge on any atom is -0.370 e. The number of anilines is 1. The van der Waals surface area contributed by atoms with Gasteiger partial charge in [-0.25, -0.2) is 4.98 Å². The maximum absolute atomic E-state index is 4.52. The number of aryl methyl sites for hydroxylation is 3. The molecule has 3 aromatic heterocycles. The van der Waals surface area contributed by atoms with Crippen molar-refractivity contribution in [3.8, 4) is 0 Å². The molecule has 0 aliphatic heterocycles. The number of hydrogen-bond acceptors (Lipinski definition) is 4. The van der Waals surface area contributed by atoms with Crippen LogP contribution in [0.3, 0.4) is 0 Å². The zero-order chi connectivity index (χ0) is 14.8. The zero-order valence-corrected chi connectivity index (χ0v) is 12.6. The highest BCUT2D eigenvalue weighted by Gasteiger charge is 2.07. The number of pyridine rings is 1. The molecule has 0 fully saturated rings. The van der Waals surface area contributed by atoms with Crippen LogP contribution in [0.25, 0.3) is 5.65 Å². The molecule has 21 heavy (non-hydrogen) atoms. The van der Waals surface area contributed by atoms with E-state index in [9.17, 15) is 0 Å². The highest BCUT2D eigenvalue weighted by Crippen LogP contribution is 2.15. The number of rotatable bonds is 4. The fourth-order valence-corrected chi connectivity index (χ4v) is 2.28. The molecule has 0 aromatic carbocycles. The van der Waals surface area contributed by atoms with E-state index < -0.39 is 0 Å². The first-order valence-corrected chi connectivity index (χ1v) is 7.11. The molecule has 0 saturated carbocycles. The molecule has 0 amide bonds. The van der Waals surface area contributed by atoms with Gasteiger partial charge in [0, 0.05) is 42.2 Å². The molecule has 3 aromatic rings. The van der Waals surface area contributed by atoms with Crippen LogP contribution in [0.1, 0.15) is 22.5 Å². The largest absolute Gasteiger partial charge is 0.370 e. The molecule has 5 heteroatoms. The Labute approximate surface area is 124 Å². The zero-order valence-electron chi connectivity index (χ0n) is 12.6. The number of aromatic nitrogens is 4. The van der Waals surface area contributed by atoms with Gasteiger partial charge >= 0.3 is 0 Å². The second kappa shape index (κ2) is 5.52. The van der Waals surface area contributed by atoms with Crippen molar-refractivity contribution < 1.29 is 0 Å². The van der Waals surface area contributed by atoms with E-state index in [1.165, 1.54) is 5.56 Å². The van der Waals surface area contributed by atoms with Crippen molar-refractivity contribution in [3.63, 3.8) is 0 Å². The third-order valence-electron chi connectivity index (χ3n) is 3.44. The first-order valence-electron chi connectivity index (χ1n) is 7.11. The standard InChI is InChI=1S/C16H19N5/c1-11-4-5-14(18-9-11)6-7-17-15-8-13(3)20-16-12(2)10-19-21(15)16/h4-5,8-10,17H,6-7H2,1-3H3. The Morgan fingerprint density at radius 1 is 1.14 bits per heavy atom. The molecule has 1 N–H and O–H groups in total. The van der Waals surface area contributed by atoms with Crippen molar-refractivity contribution in [2.75, 3.05) is 11.9 Å². The SMILES string of the molecule is Cc1ccc(CCNc2cc(C)nc3c(C)cnn23)nc1. The number of fused-ring (bicyclic) bond motifs is 1. The lowest BCUT2D eigenvalue weighted by atomic mass is 10.2. The second-order valence-corrected chi connectivity index (χ2v) is 5.35. The summed E-state index contributed by atoms with van der Waals surface area (Å²) in [5, 5.41) is 7.80. The maximum atomic E-state index is 4.52. The van der Waals surface area contributed by atoms with E-state index in [0.717, 1.165) is 41.4 Å². The molecule has 3 rings (SSSR count). The van der Waals surface area contributed by atoms with Crippen LogP contribution in [0.5, 0.6) is 0 Å². The summed E-state index contributed by atoms with van der Waals surface area (Å²) in [4.78, 5) is 8.94. The van der Waals surface area contributed by atoms with Crippen LogP contribution in [0.15, 0.2) is 30.6 Å². The van der Waals surface area contributed by atoms with E-state index >= 15 is 0 Å². The summed E-state index contributed by atoms with van der Waals surface area (Å²) < 4.78 is 1.85. The highest BCUT2D eigenvalue weighted by atomic mass is 15.3. The van der Waals surface area contributed by atoms with Crippen LogP contribution in [-0.2, 0) is 6.42 Å². The smallest absolute Gasteiger partial charge is 0.160 e. The average Bonchev–Trinajstić information content (AvgIpc) is 2.83. The Morgan fingerprint density at radius 3 is 2.76 bits per heavy atom. The Bertz CT molecular complexity index is 758. The number of nitrogens with one attached hydrogen (secondary N) is 1. The summed E-state index contributed by atoms with van der Waals surface area (Å²) >= 11 is 0. The van der Waals surface area contributed by atoms with Gasteiger partial charge in [-0.2, -0.15) is 9.61 Å². The van der Waals surface area contributed by atoms with E-state index in [-0.39, 0.29) is 0 Å². The topological polar surface area (TPSA) is 55.1 Å². The first-order chi connectivity index (χ1) is 10.1. The van der Waals surface area contributed by atoms with Crippen molar-refractivity contribution in [1.82, 2.24) is 19.6 Å². The van der Waals surface area contributed by atoms with Crippen molar-refractivity contribution in [2.24, 2.45) is 0 Å². The fraction of sp³-hybridized carbons (Fsp3) is 0.312. The van der Waals surface area contributed by atoms with Gasteiger partial charge in [-0.05, 0) is 32.4 Å². The van der Waals surface area contributed by atoms with Crippen LogP contribution < -0.4 is 5.32 Å². The lowest BCUT2D eigenvalue weighted by Gasteiger charge is -2.09. The van der Waals surface area contributed by atoms with Gasteiger partial charge in [-0.3, -0.25) is 4.98 Å². The molecule has 0 radical (unpaired) electrons. The van der Waals surface area contributed by atoms with Crippen LogP contribution in [0.4, 0.5) is 5.82 Å². The minimum atomic E-state index is 0.813. The Hall–Kier alpha value is -2.43. The van der Waals surface area contributed by atoms with Crippen molar-refractivity contribution >= 4 is 11.5 Å². The Morgan fingerprint density at radius 2 is 2.00 bits per heavy atom. The molecule has 0 spiro atoms. The van der Waals surface area contributed by atoms with E-state index in [1.54, 1.807) is 0 Å². The van der Waals surface area contributed by atoms with Gasteiger partial charge in [-0.1, -0.05) is 6.07 Å². The summed E-state index contributed by atoms with van der Waals surface area (Å²) in [6.07, 6.45) is 4.62. The van der Waals surface area contributed by atoms with Crippen molar-refractivity contribution in [3.05, 3.63) is 53.1 Å². The molecule has 3 heterocycles. The normalized spacial score (nSPS) is 11.0. The number of hydrogen-bond donors (Lipinski definition) is 1. The van der Waals surface area contributed by atoms with Crippen molar-refractivity contribution in [2.45, 2.75) is 27.2 Å². The van der Waals surface area contributed by atoms with Crippen LogP contribution in [-0.4, -0.2) is 26.1 Å². The van der Waals surface area contributed by atoms with E-state index in [2.05, 4.69) is 32.5 Å². The van der Waals surface area contributed by atoms with E-state index in [4.69, 9.17) is 0 Å². The molecule has 5 nitrogen and oxygen atoms in total. The molecule has 0 aliphatic rings. The van der Waals surface area contributed by atoms with Crippen LogP contribution >= 0.6 is 0 Å². The van der Waals surface area contributed by atoms with Crippen LogP contribution in [0, 0.1) is 20.8 Å². The van der Waals surface area contributed by atoms with Gasteiger partial charge in [-0.15, -0.1) is 0 Å². The van der Waals surface area contributed by atoms with Crippen molar-refractivity contribution in [1.29, 1.82) is 0 Å². The third-order valence-corrected chi connectivity index (χ3v) is 3.44. The molecular formula is C16H19N5. The maximum Gasteiger partial charge on any atom is 0.160 e. The molecule has 0 aliphatic carbocycles. The monoisotopic (exact) mass is 281 g/mol. The summed E-state index contributed by atoms with van der Waals surface area (Å²) in [6.45, 7) is 6.88. The highest BCUT2D eigenvalue weighted by molar-refractivity contribution is 5.53. The van der Waals surface area contributed by atoms with Gasteiger partial charge < -0.3 is 5.32 Å². The third kappa shape index (κ3) is 2.86. The van der Waals surface area contributed by atoms with Crippen LogP contribution in [0.2, 0.25) is 0 Å². The lowest BCUT2D eigenvalue weighted by Crippen LogP contribution is -2.10. The summed E-state index contributed by atoms with van der Waals surface area (Å²) in [6, 6.07) is 6.18. The van der Waals surface area contributed by atoms with Gasteiger partial charge in [0.1, 0.15) is 5.82 Å².